The summed E-state index contributed by atoms with van der Waals surface area (Å²) in [4.78, 5) is 11.9. The number of alkyl halides is 2. The van der Waals surface area contributed by atoms with Gasteiger partial charge in [0.1, 0.15) is 5.75 Å². The smallest absolute Gasteiger partial charge is 0.387 e. The number of carbonyl (C=O) groups excluding carboxylic acids is 1. The molecule has 0 spiro atoms. The number of amides is 1. The van der Waals surface area contributed by atoms with E-state index in [4.69, 9.17) is 4.74 Å². The Balaban J connectivity index is 1.75. The van der Waals surface area contributed by atoms with Crippen LogP contribution in [0, 0.1) is 0 Å². The zero-order chi connectivity index (χ0) is 16.7. The molecule has 2 rings (SSSR count). The molecule has 23 heavy (non-hydrogen) atoms. The Morgan fingerprint density at radius 2 is 2.00 bits per heavy atom. The molecule has 1 aromatic carbocycles. The van der Waals surface area contributed by atoms with Crippen LogP contribution in [0.25, 0.3) is 0 Å². The molecule has 1 aromatic rings. The maximum Gasteiger partial charge on any atom is 0.387 e. The lowest BCUT2D eigenvalue weighted by Gasteiger charge is -2.23. The third-order valence-corrected chi connectivity index (χ3v) is 4.83. The normalized spacial score (nSPS) is 17.0. The first-order chi connectivity index (χ1) is 11.0. The van der Waals surface area contributed by atoms with E-state index in [2.05, 4.69) is 10.1 Å². The van der Waals surface area contributed by atoms with Crippen molar-refractivity contribution in [2.45, 2.75) is 37.7 Å². The van der Waals surface area contributed by atoms with Crippen molar-refractivity contribution in [2.24, 2.45) is 0 Å². The van der Waals surface area contributed by atoms with Gasteiger partial charge >= 0.3 is 6.61 Å². The second-order valence-electron chi connectivity index (χ2n) is 5.35. The summed E-state index contributed by atoms with van der Waals surface area (Å²) in [6.45, 7) is 0.555. The molecule has 1 aliphatic heterocycles. The van der Waals surface area contributed by atoms with Gasteiger partial charge in [0, 0.05) is 24.5 Å². The summed E-state index contributed by atoms with van der Waals surface area (Å²) in [5.74, 6) is 0.526. The molecule has 0 bridgehead atoms. The summed E-state index contributed by atoms with van der Waals surface area (Å²) in [5.41, 5.74) is 0.968. The van der Waals surface area contributed by atoms with Crippen molar-refractivity contribution in [3.8, 4) is 5.75 Å². The van der Waals surface area contributed by atoms with Crippen molar-refractivity contribution in [3.05, 3.63) is 29.8 Å². The largest absolute Gasteiger partial charge is 0.435 e. The number of hydrogen-bond acceptors (Lipinski definition) is 4. The Morgan fingerprint density at radius 1 is 1.35 bits per heavy atom. The van der Waals surface area contributed by atoms with E-state index in [-0.39, 0.29) is 22.9 Å². The topological polar surface area (TPSA) is 47.6 Å². The van der Waals surface area contributed by atoms with E-state index in [0.29, 0.717) is 19.0 Å². The molecule has 0 radical (unpaired) electrons. The molecule has 0 aromatic heterocycles. The molecule has 1 amide bonds. The number of nitrogens with one attached hydrogen (secondary N) is 1. The van der Waals surface area contributed by atoms with Gasteiger partial charge in [0.05, 0.1) is 5.75 Å². The molecule has 0 aliphatic carbocycles. The van der Waals surface area contributed by atoms with Crippen LogP contribution in [0.4, 0.5) is 8.78 Å². The zero-order valence-corrected chi connectivity index (χ0v) is 13.8. The quantitative estimate of drug-likeness (QED) is 0.823. The van der Waals surface area contributed by atoms with Crippen molar-refractivity contribution in [1.82, 2.24) is 5.32 Å². The van der Waals surface area contributed by atoms with Crippen LogP contribution in [0.15, 0.2) is 24.3 Å². The molecule has 0 unspecified atom stereocenters. The van der Waals surface area contributed by atoms with Crippen LogP contribution in [-0.4, -0.2) is 37.5 Å². The summed E-state index contributed by atoms with van der Waals surface area (Å²) in [7, 11) is 0. The van der Waals surface area contributed by atoms with Crippen LogP contribution < -0.4 is 10.1 Å². The van der Waals surface area contributed by atoms with Crippen LogP contribution >= 0.6 is 11.8 Å². The highest BCUT2D eigenvalue weighted by Crippen LogP contribution is 2.29. The van der Waals surface area contributed by atoms with Gasteiger partial charge in [-0.05, 0) is 37.5 Å². The molecular formula is C16H21F2NO3S. The summed E-state index contributed by atoms with van der Waals surface area (Å²) in [5, 5.41) is 3.11. The summed E-state index contributed by atoms with van der Waals surface area (Å²) >= 11 is 1.51. The molecule has 128 valence electrons. The van der Waals surface area contributed by atoms with Gasteiger partial charge in [-0.2, -0.15) is 8.78 Å². The molecular weight excluding hydrogens is 324 g/mol. The van der Waals surface area contributed by atoms with Gasteiger partial charge in [0.25, 0.3) is 0 Å². The van der Waals surface area contributed by atoms with E-state index in [1.807, 2.05) is 6.92 Å². The van der Waals surface area contributed by atoms with Gasteiger partial charge in [-0.3, -0.25) is 4.79 Å². The average Bonchev–Trinajstić information content (AvgIpc) is 2.54. The lowest BCUT2D eigenvalue weighted by atomic mass is 10.1. The van der Waals surface area contributed by atoms with Crippen molar-refractivity contribution in [3.63, 3.8) is 0 Å². The van der Waals surface area contributed by atoms with Crippen LogP contribution in [-0.2, 0) is 9.53 Å². The van der Waals surface area contributed by atoms with E-state index in [0.717, 1.165) is 18.4 Å². The highest BCUT2D eigenvalue weighted by atomic mass is 32.2. The Hall–Kier alpha value is -1.34. The monoisotopic (exact) mass is 345 g/mol. The SMILES string of the molecule is C[C@@H](SCC(=O)NC1CCOCC1)c1ccc(OC(F)F)cc1. The number of ether oxygens (including phenoxy) is 2. The van der Waals surface area contributed by atoms with E-state index in [1.165, 1.54) is 23.9 Å². The zero-order valence-electron chi connectivity index (χ0n) is 13.0. The third-order valence-electron chi connectivity index (χ3n) is 3.63. The lowest BCUT2D eigenvalue weighted by Crippen LogP contribution is -2.39. The van der Waals surface area contributed by atoms with Gasteiger partial charge in [-0.15, -0.1) is 11.8 Å². The Morgan fingerprint density at radius 3 is 2.61 bits per heavy atom. The summed E-state index contributed by atoms with van der Waals surface area (Å²) < 4.78 is 33.8. The second-order valence-corrected chi connectivity index (χ2v) is 6.68. The standard InChI is InChI=1S/C16H21F2NO3S/c1-11(12-2-4-14(5-3-12)22-16(17)18)23-10-15(20)19-13-6-8-21-9-7-13/h2-5,11,13,16H,6-10H2,1H3,(H,19,20)/t11-/m1/s1. The number of carbonyl (C=O) groups is 1. The number of halogens is 2. The maximum absolute atomic E-state index is 12.1. The summed E-state index contributed by atoms with van der Waals surface area (Å²) in [6.07, 6.45) is 1.72. The molecule has 0 saturated carbocycles. The average molecular weight is 345 g/mol. The fourth-order valence-electron chi connectivity index (χ4n) is 2.33. The van der Waals surface area contributed by atoms with E-state index < -0.39 is 6.61 Å². The first-order valence-electron chi connectivity index (χ1n) is 7.58. The Kier molecular flexibility index (Phi) is 7.11. The van der Waals surface area contributed by atoms with E-state index in [1.54, 1.807) is 12.1 Å². The number of thioether (sulfide) groups is 1. The van der Waals surface area contributed by atoms with Crippen LogP contribution in [0.3, 0.4) is 0 Å². The van der Waals surface area contributed by atoms with E-state index in [9.17, 15) is 13.6 Å². The van der Waals surface area contributed by atoms with Crippen molar-refractivity contribution in [2.75, 3.05) is 19.0 Å². The minimum atomic E-state index is -2.82. The molecule has 1 aliphatic rings. The predicted molar refractivity (Wildman–Crippen MR) is 85.9 cm³/mol. The molecule has 1 heterocycles. The predicted octanol–water partition coefficient (Wildman–Crippen LogP) is 3.38. The highest BCUT2D eigenvalue weighted by Gasteiger charge is 2.17. The fourth-order valence-corrected chi connectivity index (χ4v) is 3.16. The molecule has 1 saturated heterocycles. The number of benzene rings is 1. The second kappa shape index (κ2) is 9.08. The Bertz CT molecular complexity index is 493. The molecule has 1 N–H and O–H groups in total. The van der Waals surface area contributed by atoms with Gasteiger partial charge in [-0.1, -0.05) is 12.1 Å². The summed E-state index contributed by atoms with van der Waals surface area (Å²) in [6, 6.07) is 6.72. The molecule has 1 fully saturated rings. The van der Waals surface area contributed by atoms with Crippen LogP contribution in [0.5, 0.6) is 5.75 Å². The van der Waals surface area contributed by atoms with Crippen LogP contribution in [0.2, 0.25) is 0 Å². The maximum atomic E-state index is 12.1. The van der Waals surface area contributed by atoms with Gasteiger partial charge in [-0.25, -0.2) is 0 Å². The molecule has 7 heteroatoms. The number of rotatable bonds is 7. The first kappa shape index (κ1) is 18.0. The van der Waals surface area contributed by atoms with Gasteiger partial charge in [0.15, 0.2) is 0 Å². The van der Waals surface area contributed by atoms with E-state index >= 15 is 0 Å². The van der Waals surface area contributed by atoms with Crippen molar-refractivity contribution in [1.29, 1.82) is 0 Å². The first-order valence-corrected chi connectivity index (χ1v) is 8.63. The minimum Gasteiger partial charge on any atom is -0.435 e. The third kappa shape index (κ3) is 6.35. The van der Waals surface area contributed by atoms with Crippen molar-refractivity contribution >= 4 is 17.7 Å². The van der Waals surface area contributed by atoms with Crippen LogP contribution in [0.1, 0.15) is 30.6 Å². The highest BCUT2D eigenvalue weighted by molar-refractivity contribution is 8.00. The fraction of sp³-hybridized carbons (Fsp3) is 0.562. The lowest BCUT2D eigenvalue weighted by molar-refractivity contribution is -0.119. The van der Waals surface area contributed by atoms with Crippen molar-refractivity contribution < 1.29 is 23.0 Å². The van der Waals surface area contributed by atoms with Gasteiger partial charge in [0.2, 0.25) is 5.91 Å². The number of hydrogen-bond donors (Lipinski definition) is 1. The Labute approximate surface area is 138 Å². The molecule has 4 nitrogen and oxygen atoms in total. The van der Waals surface area contributed by atoms with Gasteiger partial charge < -0.3 is 14.8 Å². The minimum absolute atomic E-state index is 0.0198. The molecule has 1 atom stereocenters.